The molecular weight excluding hydrogens is 402 g/mol. The predicted molar refractivity (Wildman–Crippen MR) is 115 cm³/mol. The highest BCUT2D eigenvalue weighted by Gasteiger charge is 2.32. The first-order chi connectivity index (χ1) is 14.0. The Morgan fingerprint density at radius 3 is 2.50 bits per heavy atom. The van der Waals surface area contributed by atoms with E-state index in [1.165, 1.54) is 7.11 Å². The molecule has 4 rings (SSSR count). The summed E-state index contributed by atoms with van der Waals surface area (Å²) in [6, 6.07) is 20.3. The van der Waals surface area contributed by atoms with Gasteiger partial charge in [0, 0.05) is 11.3 Å². The number of ether oxygens (including phenoxy) is 2. The third-order valence-corrected chi connectivity index (χ3v) is 6.64. The van der Waals surface area contributed by atoms with E-state index in [0.717, 1.165) is 5.56 Å². The van der Waals surface area contributed by atoms with E-state index < -0.39 is 21.2 Å². The Kier molecular flexibility index (Phi) is 6.12. The van der Waals surface area contributed by atoms with Crippen LogP contribution in [0.15, 0.2) is 77.7 Å². The molecule has 156 valence electrons. The second kappa shape index (κ2) is 8.59. The monoisotopic (exact) mass is 425 g/mol. The van der Waals surface area contributed by atoms with Crippen molar-refractivity contribution in [2.45, 2.75) is 24.3 Å². The van der Waals surface area contributed by atoms with Gasteiger partial charge in [-0.25, -0.2) is 13.2 Å². The molecule has 0 saturated carbocycles. The predicted octanol–water partition coefficient (Wildman–Crippen LogP) is 4.59. The minimum atomic E-state index is -3.77. The van der Waals surface area contributed by atoms with Crippen molar-refractivity contribution in [1.82, 2.24) is 0 Å². The minimum Gasteiger partial charge on any atom is -0.489 e. The maximum Gasteiger partial charge on any atom is 0.337 e. The Hall–Kier alpha value is -3.32. The molecule has 3 aromatic rings. The van der Waals surface area contributed by atoms with Gasteiger partial charge in [0.1, 0.15) is 12.4 Å². The van der Waals surface area contributed by atoms with Crippen LogP contribution in [0.4, 0.5) is 5.69 Å². The molecule has 30 heavy (non-hydrogen) atoms. The number of rotatable bonds is 3. The van der Waals surface area contributed by atoms with Crippen LogP contribution in [0.5, 0.6) is 5.75 Å². The van der Waals surface area contributed by atoms with Crippen LogP contribution in [-0.2, 0) is 21.2 Å². The molecule has 1 heterocycles. The van der Waals surface area contributed by atoms with Crippen molar-refractivity contribution in [3.05, 3.63) is 89.5 Å². The molecule has 1 unspecified atom stereocenters. The third-order valence-electron chi connectivity index (χ3n) is 4.74. The number of carbonyl (C=O) groups excluding carboxylic acids is 1. The van der Waals surface area contributed by atoms with E-state index in [0.29, 0.717) is 22.6 Å². The van der Waals surface area contributed by atoms with Gasteiger partial charge in [-0.15, -0.1) is 0 Å². The fourth-order valence-corrected chi connectivity index (χ4v) is 4.91. The Morgan fingerprint density at radius 2 is 1.77 bits per heavy atom. The zero-order valence-corrected chi connectivity index (χ0v) is 16.5. The minimum absolute atomic E-state index is 0. The normalized spacial score (nSPS) is 16.4. The van der Waals surface area contributed by atoms with Crippen LogP contribution < -0.4 is 10.1 Å². The van der Waals surface area contributed by atoms with E-state index in [-0.39, 0.29) is 18.9 Å². The van der Waals surface area contributed by atoms with E-state index in [2.05, 4.69) is 5.32 Å². The Labute approximate surface area is 176 Å². The number of hydrogen-bond acceptors (Lipinski definition) is 6. The van der Waals surface area contributed by atoms with E-state index in [1.54, 1.807) is 66.7 Å². The molecule has 2 bridgehead atoms. The van der Waals surface area contributed by atoms with Crippen molar-refractivity contribution in [2.24, 2.45) is 0 Å². The average Bonchev–Trinajstić information content (AvgIpc) is 2.78. The van der Waals surface area contributed by atoms with Crippen LogP contribution in [0.3, 0.4) is 0 Å². The molecule has 1 atom stereocenters. The molecule has 0 radical (unpaired) electrons. The fraction of sp³-hybridized carbons (Fsp3) is 0.174. The van der Waals surface area contributed by atoms with Gasteiger partial charge in [-0.05, 0) is 48.0 Å². The van der Waals surface area contributed by atoms with Crippen LogP contribution >= 0.6 is 0 Å². The largest absolute Gasteiger partial charge is 0.489 e. The van der Waals surface area contributed by atoms with E-state index in [4.69, 9.17) is 9.47 Å². The zero-order chi connectivity index (χ0) is 20.4. The lowest BCUT2D eigenvalue weighted by molar-refractivity contribution is 0.0600. The van der Waals surface area contributed by atoms with Crippen molar-refractivity contribution in [1.29, 1.82) is 0 Å². The quantitative estimate of drug-likeness (QED) is 0.619. The molecule has 7 heteroatoms. The van der Waals surface area contributed by atoms with Crippen LogP contribution in [-0.4, -0.2) is 21.5 Å². The molecule has 0 aliphatic carbocycles. The standard InChI is InChI=1S/C22H19NO5S.CH4/c1-27-22(24)16-9-11-17(12-10-16)23-21-19-7-2-3-8-20(19)28-14-15-5-4-6-18(13-15)29(21,25)26;/h2-13,21,23H,14H2,1H3;1H4. The molecular formula is C23H23NO5S. The molecule has 3 aromatic carbocycles. The number of hydrogen-bond donors (Lipinski definition) is 1. The molecule has 0 saturated heterocycles. The molecule has 0 amide bonds. The lowest BCUT2D eigenvalue weighted by Gasteiger charge is -2.22. The van der Waals surface area contributed by atoms with E-state index in [1.807, 2.05) is 6.07 Å². The number of fused-ring (bicyclic) bond motifs is 3. The van der Waals surface area contributed by atoms with Gasteiger partial charge >= 0.3 is 5.97 Å². The van der Waals surface area contributed by atoms with E-state index >= 15 is 0 Å². The van der Waals surface area contributed by atoms with Crippen molar-refractivity contribution < 1.29 is 22.7 Å². The summed E-state index contributed by atoms with van der Waals surface area (Å²) in [5.74, 6) is 0.0457. The van der Waals surface area contributed by atoms with Gasteiger partial charge in [0.2, 0.25) is 9.84 Å². The number of carbonyl (C=O) groups is 1. The molecule has 0 spiro atoms. The Balaban J connectivity index is 0.00000256. The number of nitrogens with one attached hydrogen (secondary N) is 1. The van der Waals surface area contributed by atoms with Gasteiger partial charge in [0.05, 0.1) is 17.6 Å². The first-order valence-corrected chi connectivity index (χ1v) is 10.5. The zero-order valence-electron chi connectivity index (χ0n) is 15.7. The fourth-order valence-electron chi connectivity index (χ4n) is 3.23. The smallest absolute Gasteiger partial charge is 0.337 e. The van der Waals surface area contributed by atoms with Crippen LogP contribution in [0.25, 0.3) is 0 Å². The molecule has 1 N–H and O–H groups in total. The summed E-state index contributed by atoms with van der Waals surface area (Å²) in [7, 11) is -2.46. The summed E-state index contributed by atoms with van der Waals surface area (Å²) < 4.78 is 37.6. The number of methoxy groups -OCH3 is 1. The van der Waals surface area contributed by atoms with Crippen molar-refractivity contribution >= 4 is 21.5 Å². The highest BCUT2D eigenvalue weighted by atomic mass is 32.2. The molecule has 0 aromatic heterocycles. The third kappa shape index (κ3) is 4.02. The van der Waals surface area contributed by atoms with Gasteiger partial charge in [0.15, 0.2) is 5.37 Å². The van der Waals surface area contributed by atoms with Crippen molar-refractivity contribution in [3.63, 3.8) is 0 Å². The van der Waals surface area contributed by atoms with Gasteiger partial charge in [-0.3, -0.25) is 0 Å². The number of esters is 1. The number of para-hydroxylation sites is 1. The molecule has 0 fully saturated rings. The number of benzene rings is 3. The van der Waals surface area contributed by atoms with Crippen molar-refractivity contribution in [2.75, 3.05) is 12.4 Å². The van der Waals surface area contributed by atoms with Gasteiger partial charge in [-0.1, -0.05) is 37.8 Å². The summed E-state index contributed by atoms with van der Waals surface area (Å²) in [5, 5.41) is 2.04. The second-order valence-corrected chi connectivity index (χ2v) is 8.65. The Morgan fingerprint density at radius 1 is 1.03 bits per heavy atom. The summed E-state index contributed by atoms with van der Waals surface area (Å²) in [4.78, 5) is 11.9. The average molecular weight is 426 g/mol. The lowest BCUT2D eigenvalue weighted by atomic mass is 10.1. The SMILES string of the molecule is C.COC(=O)c1ccc(NC2c3ccccc3OCc3cccc(c3)S2(=O)=O)cc1. The van der Waals surface area contributed by atoms with Crippen molar-refractivity contribution in [3.8, 4) is 5.75 Å². The molecule has 1 aliphatic rings. The summed E-state index contributed by atoms with van der Waals surface area (Å²) in [6.07, 6.45) is 0. The van der Waals surface area contributed by atoms with Crippen LogP contribution in [0, 0.1) is 0 Å². The first kappa shape index (κ1) is 21.4. The van der Waals surface area contributed by atoms with Gasteiger partial charge in [0.25, 0.3) is 0 Å². The topological polar surface area (TPSA) is 81.7 Å². The van der Waals surface area contributed by atoms with Gasteiger partial charge < -0.3 is 14.8 Å². The van der Waals surface area contributed by atoms with E-state index in [9.17, 15) is 13.2 Å². The maximum absolute atomic E-state index is 13.5. The van der Waals surface area contributed by atoms with Crippen LogP contribution in [0.1, 0.15) is 34.3 Å². The number of sulfone groups is 1. The van der Waals surface area contributed by atoms with Gasteiger partial charge in [-0.2, -0.15) is 0 Å². The summed E-state index contributed by atoms with van der Waals surface area (Å²) in [6.45, 7) is 0.279. The highest BCUT2D eigenvalue weighted by Crippen LogP contribution is 2.37. The second-order valence-electron chi connectivity index (χ2n) is 6.61. The van der Waals surface area contributed by atoms with Crippen LogP contribution in [0.2, 0.25) is 0 Å². The molecule has 6 nitrogen and oxygen atoms in total. The first-order valence-electron chi connectivity index (χ1n) is 8.98. The lowest BCUT2D eigenvalue weighted by Crippen LogP contribution is -2.22. The molecule has 1 aliphatic heterocycles. The maximum atomic E-state index is 13.5. The summed E-state index contributed by atoms with van der Waals surface area (Å²) >= 11 is 0. The summed E-state index contributed by atoms with van der Waals surface area (Å²) in [5.41, 5.74) is 2.24. The Bertz CT molecular complexity index is 1160. The number of anilines is 1. The highest BCUT2D eigenvalue weighted by molar-refractivity contribution is 7.91.